The van der Waals surface area contributed by atoms with Crippen LogP contribution in [0.4, 0.5) is 5.69 Å². The topological polar surface area (TPSA) is 90.9 Å². The number of rotatable bonds is 3. The van der Waals surface area contributed by atoms with Gasteiger partial charge < -0.3 is 19.5 Å². The molecular formula is C15H14ClNO6. The summed E-state index contributed by atoms with van der Waals surface area (Å²) >= 11 is 5.85. The zero-order valence-electron chi connectivity index (χ0n) is 12.6. The number of cyclic esters (lactones) is 2. The Morgan fingerprint density at radius 3 is 2.43 bits per heavy atom. The first kappa shape index (κ1) is 16.8. The van der Waals surface area contributed by atoms with Crippen molar-refractivity contribution in [1.82, 2.24) is 0 Å². The number of halogens is 1. The number of esters is 3. The number of nitrogens with one attached hydrogen (secondary N) is 1. The lowest BCUT2D eigenvalue weighted by Crippen LogP contribution is -2.42. The first-order valence-corrected chi connectivity index (χ1v) is 6.92. The van der Waals surface area contributed by atoms with Crippen molar-refractivity contribution in [3.05, 3.63) is 40.6 Å². The van der Waals surface area contributed by atoms with Crippen LogP contribution in [0.25, 0.3) is 0 Å². The third-order valence-corrected chi connectivity index (χ3v) is 3.11. The molecule has 7 nitrogen and oxygen atoms in total. The van der Waals surface area contributed by atoms with Gasteiger partial charge >= 0.3 is 17.9 Å². The highest BCUT2D eigenvalue weighted by molar-refractivity contribution is 6.31. The molecule has 0 unspecified atom stereocenters. The fourth-order valence-electron chi connectivity index (χ4n) is 1.85. The molecule has 1 fully saturated rings. The Labute approximate surface area is 137 Å². The molecule has 0 aliphatic carbocycles. The van der Waals surface area contributed by atoms with Gasteiger partial charge in [0.2, 0.25) is 0 Å². The first-order chi connectivity index (χ1) is 10.7. The van der Waals surface area contributed by atoms with E-state index in [1.165, 1.54) is 39.2 Å². The second kappa shape index (κ2) is 6.29. The molecule has 0 aromatic heterocycles. The minimum absolute atomic E-state index is 0.148. The van der Waals surface area contributed by atoms with Crippen molar-refractivity contribution in [3.8, 4) is 0 Å². The van der Waals surface area contributed by atoms with Gasteiger partial charge in [-0.05, 0) is 18.2 Å². The minimum atomic E-state index is -1.32. The Hall–Kier alpha value is -2.54. The Morgan fingerprint density at radius 1 is 1.26 bits per heavy atom. The van der Waals surface area contributed by atoms with E-state index >= 15 is 0 Å². The molecular weight excluding hydrogens is 326 g/mol. The maximum atomic E-state index is 11.8. The number of carbonyl (C=O) groups excluding carboxylic acids is 3. The zero-order chi connectivity index (χ0) is 17.2. The number of hydrogen-bond acceptors (Lipinski definition) is 7. The number of benzene rings is 1. The molecule has 1 aromatic carbocycles. The second-order valence-corrected chi connectivity index (χ2v) is 5.50. The maximum Gasteiger partial charge on any atom is 0.350 e. The standard InChI is InChI=1S/C15H14ClNO6/c1-15(2)22-13(19)10(14(20)23-15)7-17-11-5-4-8(16)6-9(11)12(18)21-3/h4-7,17H,1-3H3. The molecule has 0 atom stereocenters. The third-order valence-electron chi connectivity index (χ3n) is 2.88. The van der Waals surface area contributed by atoms with Crippen LogP contribution in [-0.2, 0) is 23.8 Å². The van der Waals surface area contributed by atoms with E-state index in [1.807, 2.05) is 0 Å². The van der Waals surface area contributed by atoms with E-state index in [9.17, 15) is 14.4 Å². The van der Waals surface area contributed by atoms with Crippen LogP contribution in [-0.4, -0.2) is 30.8 Å². The third kappa shape index (κ3) is 3.81. The zero-order valence-corrected chi connectivity index (χ0v) is 13.4. The summed E-state index contributed by atoms with van der Waals surface area (Å²) in [6, 6.07) is 4.44. The van der Waals surface area contributed by atoms with Gasteiger partial charge in [-0.3, -0.25) is 0 Å². The molecule has 1 aromatic rings. The van der Waals surface area contributed by atoms with Gasteiger partial charge in [-0.1, -0.05) is 11.6 Å². The Kier molecular flexibility index (Phi) is 4.60. The van der Waals surface area contributed by atoms with Crippen LogP contribution in [0.1, 0.15) is 24.2 Å². The summed E-state index contributed by atoms with van der Waals surface area (Å²) in [4.78, 5) is 35.4. The quantitative estimate of drug-likeness (QED) is 0.513. The summed E-state index contributed by atoms with van der Waals surface area (Å²) in [6.45, 7) is 2.89. The van der Waals surface area contributed by atoms with Gasteiger partial charge in [-0.15, -0.1) is 0 Å². The van der Waals surface area contributed by atoms with E-state index in [2.05, 4.69) is 10.1 Å². The normalized spacial score (nSPS) is 16.3. The molecule has 0 radical (unpaired) electrons. The molecule has 0 bridgehead atoms. The Bertz CT molecular complexity index is 688. The monoisotopic (exact) mass is 339 g/mol. The van der Waals surface area contributed by atoms with Gasteiger partial charge in [0, 0.05) is 25.1 Å². The van der Waals surface area contributed by atoms with Crippen molar-refractivity contribution in [2.24, 2.45) is 0 Å². The van der Waals surface area contributed by atoms with E-state index in [-0.39, 0.29) is 11.1 Å². The van der Waals surface area contributed by atoms with Gasteiger partial charge in [-0.2, -0.15) is 0 Å². The van der Waals surface area contributed by atoms with E-state index in [0.29, 0.717) is 10.7 Å². The molecule has 0 saturated carbocycles. The maximum absolute atomic E-state index is 11.8. The fraction of sp³-hybridized carbons (Fsp3) is 0.267. The van der Waals surface area contributed by atoms with Crippen LogP contribution in [0.3, 0.4) is 0 Å². The number of anilines is 1. The fourth-order valence-corrected chi connectivity index (χ4v) is 2.02. The van der Waals surface area contributed by atoms with Crippen molar-refractivity contribution in [3.63, 3.8) is 0 Å². The average molecular weight is 340 g/mol. The lowest BCUT2D eigenvalue weighted by atomic mass is 10.1. The summed E-state index contributed by atoms with van der Waals surface area (Å²) in [5.41, 5.74) is 0.129. The predicted molar refractivity (Wildman–Crippen MR) is 80.8 cm³/mol. The second-order valence-electron chi connectivity index (χ2n) is 5.06. The van der Waals surface area contributed by atoms with Crippen molar-refractivity contribution in [1.29, 1.82) is 0 Å². The highest BCUT2D eigenvalue weighted by Crippen LogP contribution is 2.25. The average Bonchev–Trinajstić information content (AvgIpc) is 2.45. The molecule has 1 aliphatic heterocycles. The van der Waals surface area contributed by atoms with Gasteiger partial charge in [0.15, 0.2) is 5.57 Å². The summed E-state index contributed by atoms with van der Waals surface area (Å²) in [5, 5.41) is 3.03. The summed E-state index contributed by atoms with van der Waals surface area (Å²) in [7, 11) is 1.23. The Balaban J connectivity index is 2.28. The smallest absolute Gasteiger partial charge is 0.350 e. The van der Waals surface area contributed by atoms with E-state index < -0.39 is 23.7 Å². The number of hydrogen-bond donors (Lipinski definition) is 1. The van der Waals surface area contributed by atoms with Crippen molar-refractivity contribution in [2.45, 2.75) is 19.6 Å². The van der Waals surface area contributed by atoms with Crippen LogP contribution < -0.4 is 5.32 Å². The van der Waals surface area contributed by atoms with E-state index in [4.69, 9.17) is 21.1 Å². The largest absolute Gasteiger partial charge is 0.465 e. The van der Waals surface area contributed by atoms with Gasteiger partial charge in [0.1, 0.15) is 0 Å². The first-order valence-electron chi connectivity index (χ1n) is 6.55. The van der Waals surface area contributed by atoms with Crippen LogP contribution in [0.15, 0.2) is 30.0 Å². The highest BCUT2D eigenvalue weighted by atomic mass is 35.5. The summed E-state index contributed by atoms with van der Waals surface area (Å²) in [6.07, 6.45) is 1.11. The lowest BCUT2D eigenvalue weighted by molar-refractivity contribution is -0.222. The number of ether oxygens (including phenoxy) is 3. The molecule has 0 amide bonds. The lowest BCUT2D eigenvalue weighted by Gasteiger charge is -2.29. The Morgan fingerprint density at radius 2 is 1.87 bits per heavy atom. The van der Waals surface area contributed by atoms with Gasteiger partial charge in [0.25, 0.3) is 5.79 Å². The molecule has 1 heterocycles. The molecule has 0 spiro atoms. The number of carbonyl (C=O) groups is 3. The number of methoxy groups -OCH3 is 1. The molecule has 1 saturated heterocycles. The van der Waals surface area contributed by atoms with Gasteiger partial charge in [0.05, 0.1) is 18.4 Å². The van der Waals surface area contributed by atoms with Gasteiger partial charge in [-0.25, -0.2) is 14.4 Å². The van der Waals surface area contributed by atoms with Crippen molar-refractivity contribution in [2.75, 3.05) is 12.4 Å². The highest BCUT2D eigenvalue weighted by Gasteiger charge is 2.39. The van der Waals surface area contributed by atoms with Crippen LogP contribution in [0.5, 0.6) is 0 Å². The molecule has 1 aliphatic rings. The summed E-state index contributed by atoms with van der Waals surface area (Å²) < 4.78 is 14.6. The van der Waals surface area contributed by atoms with Crippen LogP contribution >= 0.6 is 11.6 Å². The van der Waals surface area contributed by atoms with E-state index in [1.54, 1.807) is 0 Å². The molecule has 122 valence electrons. The van der Waals surface area contributed by atoms with Crippen LogP contribution in [0.2, 0.25) is 5.02 Å². The minimum Gasteiger partial charge on any atom is -0.465 e. The SMILES string of the molecule is COC(=O)c1cc(Cl)ccc1NC=C1C(=O)OC(C)(C)OC1=O. The molecule has 8 heteroatoms. The van der Waals surface area contributed by atoms with Crippen molar-refractivity contribution < 1.29 is 28.6 Å². The van der Waals surface area contributed by atoms with Crippen molar-refractivity contribution >= 4 is 35.2 Å². The predicted octanol–water partition coefficient (Wildman–Crippen LogP) is 2.26. The molecule has 2 rings (SSSR count). The molecule has 23 heavy (non-hydrogen) atoms. The van der Waals surface area contributed by atoms with Crippen LogP contribution in [0, 0.1) is 0 Å². The summed E-state index contributed by atoms with van der Waals surface area (Å²) in [5.74, 6) is -3.59. The van der Waals surface area contributed by atoms with E-state index in [0.717, 1.165) is 6.20 Å². The molecule has 1 N–H and O–H groups in total.